The highest BCUT2D eigenvalue weighted by atomic mass is 19.4. The smallest absolute Gasteiger partial charge is 0.411 e. The molecule has 0 bridgehead atoms. The fourth-order valence-corrected chi connectivity index (χ4v) is 1.37. The third-order valence-electron chi connectivity index (χ3n) is 2.25. The highest BCUT2D eigenvalue weighted by Gasteiger charge is 2.43. The van der Waals surface area contributed by atoms with Gasteiger partial charge in [-0.1, -0.05) is 0 Å². The fourth-order valence-electron chi connectivity index (χ4n) is 1.37. The Hall–Kier alpha value is -2.06. The zero-order valence-electron chi connectivity index (χ0n) is 9.98. The Kier molecular flexibility index (Phi) is 4.52. The van der Waals surface area contributed by atoms with Crippen molar-refractivity contribution in [1.82, 2.24) is 9.78 Å². The molecule has 1 unspecified atom stereocenters. The van der Waals surface area contributed by atoms with Crippen molar-refractivity contribution in [2.45, 2.75) is 25.6 Å². The normalized spacial score (nSPS) is 13.1. The van der Waals surface area contributed by atoms with Crippen LogP contribution in [0.2, 0.25) is 0 Å². The summed E-state index contributed by atoms with van der Waals surface area (Å²) in [7, 11) is 0. The molecule has 106 valence electrons. The van der Waals surface area contributed by atoms with Crippen LogP contribution in [0, 0.1) is 0 Å². The van der Waals surface area contributed by atoms with E-state index in [-0.39, 0.29) is 12.2 Å². The molecule has 6 nitrogen and oxygen atoms in total. The first-order chi connectivity index (χ1) is 8.75. The zero-order chi connectivity index (χ0) is 14.6. The molecular formula is C10H12F3N3O3. The van der Waals surface area contributed by atoms with Crippen LogP contribution in [-0.4, -0.2) is 34.4 Å². The zero-order valence-corrected chi connectivity index (χ0v) is 9.98. The van der Waals surface area contributed by atoms with Gasteiger partial charge in [-0.3, -0.25) is 14.3 Å². The molecule has 1 amide bonds. The number of amides is 1. The SMILES string of the molecule is CCOC(=O)CC(n1cc(C(N)=O)cn1)C(F)(F)F. The van der Waals surface area contributed by atoms with E-state index < -0.39 is 30.5 Å². The summed E-state index contributed by atoms with van der Waals surface area (Å²) in [4.78, 5) is 22.0. The molecule has 2 N–H and O–H groups in total. The van der Waals surface area contributed by atoms with Crippen molar-refractivity contribution in [3.05, 3.63) is 18.0 Å². The molecular weight excluding hydrogens is 267 g/mol. The lowest BCUT2D eigenvalue weighted by Crippen LogP contribution is -2.30. The van der Waals surface area contributed by atoms with Gasteiger partial charge in [-0.05, 0) is 6.92 Å². The Morgan fingerprint density at radius 3 is 2.58 bits per heavy atom. The van der Waals surface area contributed by atoms with E-state index in [1.54, 1.807) is 0 Å². The molecule has 1 atom stereocenters. The number of hydrogen-bond acceptors (Lipinski definition) is 4. The van der Waals surface area contributed by atoms with Crippen molar-refractivity contribution in [3.8, 4) is 0 Å². The Balaban J connectivity index is 2.96. The minimum Gasteiger partial charge on any atom is -0.466 e. The van der Waals surface area contributed by atoms with Crippen molar-refractivity contribution in [1.29, 1.82) is 0 Å². The van der Waals surface area contributed by atoms with E-state index >= 15 is 0 Å². The standard InChI is InChI=1S/C10H12F3N3O3/c1-2-19-8(17)3-7(10(11,12)13)16-5-6(4-15-16)9(14)18/h4-5,7H,2-3H2,1H3,(H2,14,18). The van der Waals surface area contributed by atoms with Crippen LogP contribution in [0.4, 0.5) is 13.2 Å². The molecule has 0 saturated carbocycles. The topological polar surface area (TPSA) is 87.2 Å². The Morgan fingerprint density at radius 1 is 1.53 bits per heavy atom. The number of alkyl halides is 3. The van der Waals surface area contributed by atoms with Gasteiger partial charge in [0.1, 0.15) is 0 Å². The number of esters is 1. The summed E-state index contributed by atoms with van der Waals surface area (Å²) in [5.41, 5.74) is 4.75. The molecule has 9 heteroatoms. The highest BCUT2D eigenvalue weighted by Crippen LogP contribution is 2.33. The summed E-state index contributed by atoms with van der Waals surface area (Å²) in [6.07, 6.45) is -3.86. The van der Waals surface area contributed by atoms with E-state index in [0.717, 1.165) is 12.4 Å². The molecule has 1 heterocycles. The van der Waals surface area contributed by atoms with Gasteiger partial charge in [0.05, 0.1) is 24.8 Å². The number of ether oxygens (including phenoxy) is 1. The average molecular weight is 279 g/mol. The summed E-state index contributed by atoms with van der Waals surface area (Å²) in [6, 6.07) is -2.19. The molecule has 0 aliphatic heterocycles. The lowest BCUT2D eigenvalue weighted by atomic mass is 10.2. The van der Waals surface area contributed by atoms with Crippen LogP contribution < -0.4 is 5.73 Å². The first-order valence-electron chi connectivity index (χ1n) is 5.32. The monoisotopic (exact) mass is 279 g/mol. The average Bonchev–Trinajstić information content (AvgIpc) is 2.73. The number of nitrogens with two attached hydrogens (primary N) is 1. The van der Waals surface area contributed by atoms with Crippen molar-refractivity contribution in [2.75, 3.05) is 6.61 Å². The third kappa shape index (κ3) is 3.97. The van der Waals surface area contributed by atoms with Gasteiger partial charge in [-0.2, -0.15) is 18.3 Å². The predicted octanol–water partition coefficient (Wildman–Crippen LogP) is 1.04. The van der Waals surface area contributed by atoms with Gasteiger partial charge >= 0.3 is 12.1 Å². The van der Waals surface area contributed by atoms with Gasteiger partial charge in [0.15, 0.2) is 6.04 Å². The maximum atomic E-state index is 12.8. The molecule has 0 spiro atoms. The fraction of sp³-hybridized carbons (Fsp3) is 0.500. The van der Waals surface area contributed by atoms with Gasteiger partial charge in [0, 0.05) is 6.20 Å². The Bertz CT molecular complexity index is 470. The second-order valence-electron chi connectivity index (χ2n) is 3.64. The second kappa shape index (κ2) is 5.72. The number of halogens is 3. The molecule has 19 heavy (non-hydrogen) atoms. The Morgan fingerprint density at radius 2 is 2.16 bits per heavy atom. The number of primary amides is 1. The van der Waals surface area contributed by atoms with Gasteiger partial charge in [-0.15, -0.1) is 0 Å². The summed E-state index contributed by atoms with van der Waals surface area (Å²) >= 11 is 0. The first kappa shape index (κ1) is 15.0. The van der Waals surface area contributed by atoms with Crippen LogP contribution in [0.15, 0.2) is 12.4 Å². The number of hydrogen-bond donors (Lipinski definition) is 1. The van der Waals surface area contributed by atoms with Crippen LogP contribution in [-0.2, 0) is 9.53 Å². The quantitative estimate of drug-likeness (QED) is 0.816. The number of nitrogens with zero attached hydrogens (tertiary/aromatic N) is 2. The van der Waals surface area contributed by atoms with Gasteiger partial charge in [0.2, 0.25) is 0 Å². The largest absolute Gasteiger partial charge is 0.466 e. The van der Waals surface area contributed by atoms with Crippen molar-refractivity contribution in [2.24, 2.45) is 5.73 Å². The summed E-state index contributed by atoms with van der Waals surface area (Å²) in [5.74, 6) is -1.90. The van der Waals surface area contributed by atoms with Crippen molar-refractivity contribution >= 4 is 11.9 Å². The van der Waals surface area contributed by atoms with Gasteiger partial charge in [0.25, 0.3) is 5.91 Å². The second-order valence-corrected chi connectivity index (χ2v) is 3.64. The molecule has 0 saturated heterocycles. The van der Waals surface area contributed by atoms with E-state index in [9.17, 15) is 22.8 Å². The molecule has 1 aromatic rings. The van der Waals surface area contributed by atoms with E-state index in [0.29, 0.717) is 4.68 Å². The lowest BCUT2D eigenvalue weighted by molar-refractivity contribution is -0.180. The van der Waals surface area contributed by atoms with Gasteiger partial charge < -0.3 is 10.5 Å². The van der Waals surface area contributed by atoms with Crippen LogP contribution in [0.1, 0.15) is 29.7 Å². The van der Waals surface area contributed by atoms with Crippen LogP contribution in [0.5, 0.6) is 0 Å². The summed E-state index contributed by atoms with van der Waals surface area (Å²) < 4.78 is 43.5. The third-order valence-corrected chi connectivity index (χ3v) is 2.25. The number of carbonyl (C=O) groups excluding carboxylic acids is 2. The van der Waals surface area contributed by atoms with E-state index in [1.165, 1.54) is 6.92 Å². The molecule has 0 aliphatic carbocycles. The first-order valence-corrected chi connectivity index (χ1v) is 5.32. The molecule has 0 aliphatic rings. The molecule has 0 aromatic carbocycles. The number of rotatable bonds is 5. The highest BCUT2D eigenvalue weighted by molar-refractivity contribution is 5.92. The minimum absolute atomic E-state index is 0.0188. The maximum Gasteiger partial charge on any atom is 0.411 e. The van der Waals surface area contributed by atoms with Crippen molar-refractivity contribution < 1.29 is 27.5 Å². The molecule has 0 fully saturated rings. The molecule has 1 rings (SSSR count). The predicted molar refractivity (Wildman–Crippen MR) is 57.1 cm³/mol. The Labute approximate surface area is 106 Å². The van der Waals surface area contributed by atoms with Crippen molar-refractivity contribution in [3.63, 3.8) is 0 Å². The summed E-state index contributed by atoms with van der Waals surface area (Å²) in [5, 5.41) is 3.41. The van der Waals surface area contributed by atoms with E-state index in [2.05, 4.69) is 9.84 Å². The minimum atomic E-state index is -4.70. The summed E-state index contributed by atoms with van der Waals surface area (Å²) in [6.45, 7) is 1.47. The van der Waals surface area contributed by atoms with E-state index in [1.807, 2.05) is 0 Å². The maximum absolute atomic E-state index is 12.8. The number of carbonyl (C=O) groups is 2. The van der Waals surface area contributed by atoms with Crippen LogP contribution >= 0.6 is 0 Å². The van der Waals surface area contributed by atoms with Crippen LogP contribution in [0.25, 0.3) is 0 Å². The van der Waals surface area contributed by atoms with Crippen LogP contribution in [0.3, 0.4) is 0 Å². The lowest BCUT2D eigenvalue weighted by Gasteiger charge is -2.19. The number of aromatic nitrogens is 2. The van der Waals surface area contributed by atoms with Gasteiger partial charge in [-0.25, -0.2) is 0 Å². The molecule has 0 radical (unpaired) electrons. The molecule has 1 aromatic heterocycles. The van der Waals surface area contributed by atoms with E-state index in [4.69, 9.17) is 5.73 Å².